The van der Waals surface area contributed by atoms with Gasteiger partial charge in [-0.25, -0.2) is 0 Å². The lowest BCUT2D eigenvalue weighted by molar-refractivity contribution is 0.289. The first kappa shape index (κ1) is 15.2. The van der Waals surface area contributed by atoms with Crippen molar-refractivity contribution in [3.63, 3.8) is 0 Å². The van der Waals surface area contributed by atoms with E-state index in [0.29, 0.717) is 0 Å². The van der Waals surface area contributed by atoms with Crippen molar-refractivity contribution in [2.45, 2.75) is 20.0 Å². The second kappa shape index (κ2) is 7.44. The summed E-state index contributed by atoms with van der Waals surface area (Å²) in [6.07, 6.45) is 0.234. The number of halogens is 1. The standard InChI is InChI=1S/C10H14BrNOS.H2S/c1-8(2)13-14-12(3)10-6-4-9(11)5-7-10;/h4-8H,1-3H3;1H2. The lowest BCUT2D eigenvalue weighted by Crippen LogP contribution is -2.09. The van der Waals surface area contributed by atoms with Crippen LogP contribution in [0.1, 0.15) is 13.8 Å². The van der Waals surface area contributed by atoms with Crippen LogP contribution in [0.4, 0.5) is 5.69 Å². The largest absolute Gasteiger partial charge is 0.296 e. The second-order valence-corrected chi connectivity index (χ2v) is 5.00. The molecule has 0 aliphatic carbocycles. The maximum atomic E-state index is 5.42. The number of benzene rings is 1. The van der Waals surface area contributed by atoms with Crippen molar-refractivity contribution < 1.29 is 4.18 Å². The SMILES string of the molecule is CC(C)OSN(C)c1ccc(Br)cc1.S. The molecule has 0 aromatic heterocycles. The quantitative estimate of drug-likeness (QED) is 0.616. The highest BCUT2D eigenvalue weighted by Gasteiger charge is 2.03. The minimum absolute atomic E-state index is 0. The first-order valence-corrected chi connectivity index (χ1v) is 5.91. The topological polar surface area (TPSA) is 12.5 Å². The zero-order valence-electron chi connectivity index (χ0n) is 9.03. The molecule has 0 saturated carbocycles. The van der Waals surface area contributed by atoms with E-state index in [0.717, 1.165) is 10.2 Å². The van der Waals surface area contributed by atoms with Gasteiger partial charge in [0.25, 0.3) is 0 Å². The van der Waals surface area contributed by atoms with Crippen LogP contribution in [0.2, 0.25) is 0 Å². The molecule has 0 radical (unpaired) electrons. The Bertz CT molecular complexity index is 279. The molecule has 0 N–H and O–H groups in total. The number of anilines is 1. The molecular weight excluding hydrogens is 294 g/mol. The molecule has 5 heteroatoms. The molecule has 1 aromatic carbocycles. The molecular formula is C10H16BrNOS2. The van der Waals surface area contributed by atoms with Crippen LogP contribution in [0.5, 0.6) is 0 Å². The van der Waals surface area contributed by atoms with E-state index >= 15 is 0 Å². The van der Waals surface area contributed by atoms with Gasteiger partial charge in [0.1, 0.15) is 12.2 Å². The molecule has 0 aliphatic heterocycles. The molecule has 2 nitrogen and oxygen atoms in total. The Morgan fingerprint density at radius 3 is 2.27 bits per heavy atom. The van der Waals surface area contributed by atoms with Crippen LogP contribution in [0.15, 0.2) is 28.7 Å². The lowest BCUT2D eigenvalue weighted by atomic mass is 10.3. The first-order valence-electron chi connectivity index (χ1n) is 4.42. The summed E-state index contributed by atoms with van der Waals surface area (Å²) >= 11 is 4.76. The average Bonchev–Trinajstić information content (AvgIpc) is 2.15. The van der Waals surface area contributed by atoms with Crippen molar-refractivity contribution in [2.24, 2.45) is 0 Å². The van der Waals surface area contributed by atoms with E-state index < -0.39 is 0 Å². The molecule has 0 saturated heterocycles. The van der Waals surface area contributed by atoms with Crippen molar-refractivity contribution in [3.05, 3.63) is 28.7 Å². The fraction of sp³-hybridized carbons (Fsp3) is 0.400. The molecule has 15 heavy (non-hydrogen) atoms. The summed E-state index contributed by atoms with van der Waals surface area (Å²) in [6, 6.07) is 8.12. The van der Waals surface area contributed by atoms with Gasteiger partial charge in [-0.15, -0.1) is 0 Å². The van der Waals surface area contributed by atoms with E-state index in [2.05, 4.69) is 15.9 Å². The molecule has 0 atom stereocenters. The molecule has 1 rings (SSSR count). The lowest BCUT2D eigenvalue weighted by Gasteiger charge is -2.17. The predicted octanol–water partition coefficient (Wildman–Crippen LogP) is 3.99. The smallest absolute Gasteiger partial charge is 0.114 e. The third-order valence-electron chi connectivity index (χ3n) is 1.54. The van der Waals surface area contributed by atoms with Gasteiger partial charge in [0.15, 0.2) is 0 Å². The van der Waals surface area contributed by atoms with Gasteiger partial charge in [0, 0.05) is 17.2 Å². The summed E-state index contributed by atoms with van der Waals surface area (Å²) in [7, 11) is 1.98. The van der Waals surface area contributed by atoms with Crippen LogP contribution in [0.3, 0.4) is 0 Å². The minimum atomic E-state index is 0. The van der Waals surface area contributed by atoms with E-state index in [1.165, 1.54) is 12.2 Å². The van der Waals surface area contributed by atoms with Crippen LogP contribution in [0.25, 0.3) is 0 Å². The highest BCUT2D eigenvalue weighted by molar-refractivity contribution is 9.10. The fourth-order valence-electron chi connectivity index (χ4n) is 0.845. The number of hydrogen-bond acceptors (Lipinski definition) is 3. The van der Waals surface area contributed by atoms with E-state index in [4.69, 9.17) is 4.18 Å². The van der Waals surface area contributed by atoms with Gasteiger partial charge in [-0.1, -0.05) is 15.9 Å². The number of nitrogens with zero attached hydrogens (tertiary/aromatic N) is 1. The average molecular weight is 310 g/mol. The van der Waals surface area contributed by atoms with Crippen molar-refractivity contribution in [2.75, 3.05) is 11.4 Å². The molecule has 86 valence electrons. The minimum Gasteiger partial charge on any atom is -0.296 e. The zero-order chi connectivity index (χ0) is 10.6. The number of hydrogen-bond donors (Lipinski definition) is 0. The summed E-state index contributed by atoms with van der Waals surface area (Å²) in [6.45, 7) is 4.03. The Labute approximate surface area is 111 Å². The van der Waals surface area contributed by atoms with E-state index in [1.54, 1.807) is 0 Å². The molecule has 0 spiro atoms. The normalized spacial score (nSPS) is 9.93. The maximum absolute atomic E-state index is 5.42. The van der Waals surface area contributed by atoms with Crippen molar-refractivity contribution >= 4 is 47.3 Å². The van der Waals surface area contributed by atoms with E-state index in [1.807, 2.05) is 49.5 Å². The van der Waals surface area contributed by atoms with Gasteiger partial charge < -0.3 is 0 Å². The summed E-state index contributed by atoms with van der Waals surface area (Å²) < 4.78 is 8.50. The molecule has 0 unspecified atom stereocenters. The van der Waals surface area contributed by atoms with Crippen molar-refractivity contribution in [1.29, 1.82) is 0 Å². The predicted molar refractivity (Wildman–Crippen MR) is 76.7 cm³/mol. The first-order chi connectivity index (χ1) is 6.59. The van der Waals surface area contributed by atoms with Gasteiger partial charge in [-0.05, 0) is 38.1 Å². The van der Waals surface area contributed by atoms with Gasteiger partial charge in [-0.2, -0.15) is 13.5 Å². The molecule has 0 bridgehead atoms. The van der Waals surface area contributed by atoms with Crippen LogP contribution in [-0.4, -0.2) is 13.2 Å². The van der Waals surface area contributed by atoms with Gasteiger partial charge in [0.05, 0.1) is 6.10 Å². The Morgan fingerprint density at radius 2 is 1.80 bits per heavy atom. The van der Waals surface area contributed by atoms with Crippen LogP contribution < -0.4 is 4.31 Å². The van der Waals surface area contributed by atoms with Crippen LogP contribution >= 0.6 is 41.7 Å². The summed E-state index contributed by atoms with van der Waals surface area (Å²) in [4.78, 5) is 0. The highest BCUT2D eigenvalue weighted by Crippen LogP contribution is 2.23. The summed E-state index contributed by atoms with van der Waals surface area (Å²) in [5.41, 5.74) is 1.12. The van der Waals surface area contributed by atoms with Crippen LogP contribution in [0, 0.1) is 0 Å². The molecule has 0 heterocycles. The second-order valence-electron chi connectivity index (χ2n) is 3.19. The Morgan fingerprint density at radius 1 is 1.27 bits per heavy atom. The molecule has 1 aromatic rings. The van der Waals surface area contributed by atoms with Gasteiger partial charge >= 0.3 is 0 Å². The van der Waals surface area contributed by atoms with Crippen LogP contribution in [-0.2, 0) is 4.18 Å². The fourth-order valence-corrected chi connectivity index (χ4v) is 1.62. The third kappa shape index (κ3) is 5.70. The van der Waals surface area contributed by atoms with E-state index in [9.17, 15) is 0 Å². The van der Waals surface area contributed by atoms with E-state index in [-0.39, 0.29) is 19.6 Å². The summed E-state index contributed by atoms with van der Waals surface area (Å²) in [5.74, 6) is 0. The van der Waals surface area contributed by atoms with Gasteiger partial charge in [-0.3, -0.25) is 8.49 Å². The maximum Gasteiger partial charge on any atom is 0.114 e. The molecule has 0 fully saturated rings. The number of rotatable bonds is 4. The van der Waals surface area contributed by atoms with Gasteiger partial charge in [0.2, 0.25) is 0 Å². The van der Waals surface area contributed by atoms with Crippen molar-refractivity contribution in [1.82, 2.24) is 0 Å². The third-order valence-corrected chi connectivity index (χ3v) is 2.97. The Balaban J connectivity index is 0.00000196. The highest BCUT2D eigenvalue weighted by atomic mass is 79.9. The Kier molecular flexibility index (Phi) is 7.52. The Hall–Kier alpha value is 0.160. The zero-order valence-corrected chi connectivity index (χ0v) is 12.4. The monoisotopic (exact) mass is 309 g/mol. The molecule has 0 amide bonds. The summed E-state index contributed by atoms with van der Waals surface area (Å²) in [5, 5.41) is 0. The molecule has 0 aliphatic rings. The van der Waals surface area contributed by atoms with Crippen molar-refractivity contribution in [3.8, 4) is 0 Å².